The normalized spacial score (nSPS) is 22.2. The van der Waals surface area contributed by atoms with Crippen molar-refractivity contribution < 1.29 is 23.0 Å². The quantitative estimate of drug-likeness (QED) is 0.926. The monoisotopic (exact) mass is 303 g/mol. The van der Waals surface area contributed by atoms with Gasteiger partial charge < -0.3 is 9.84 Å². The second-order valence-corrected chi connectivity index (χ2v) is 5.27. The first kappa shape index (κ1) is 16.3. The van der Waals surface area contributed by atoms with Gasteiger partial charge in [0.1, 0.15) is 0 Å². The molecule has 0 spiro atoms. The van der Waals surface area contributed by atoms with Crippen molar-refractivity contribution in [3.63, 3.8) is 0 Å². The summed E-state index contributed by atoms with van der Waals surface area (Å²) in [5, 5.41) is 10.2. The Labute approximate surface area is 122 Å². The molecular weight excluding hydrogens is 283 g/mol. The minimum Gasteiger partial charge on any atom is -0.390 e. The third-order valence-corrected chi connectivity index (χ3v) is 3.78. The predicted molar refractivity (Wildman–Crippen MR) is 73.0 cm³/mol. The topological polar surface area (TPSA) is 32.7 Å². The van der Waals surface area contributed by atoms with E-state index in [2.05, 4.69) is 4.90 Å². The summed E-state index contributed by atoms with van der Waals surface area (Å²) in [7, 11) is 0. The van der Waals surface area contributed by atoms with Crippen LogP contribution in [0.2, 0.25) is 0 Å². The van der Waals surface area contributed by atoms with Gasteiger partial charge in [0.05, 0.1) is 24.4 Å². The predicted octanol–water partition coefficient (Wildman–Crippen LogP) is 2.33. The van der Waals surface area contributed by atoms with Crippen LogP contribution in [0.4, 0.5) is 13.2 Å². The summed E-state index contributed by atoms with van der Waals surface area (Å²) in [6.07, 6.45) is -5.04. The van der Waals surface area contributed by atoms with Gasteiger partial charge in [-0.15, -0.1) is 0 Å². The van der Waals surface area contributed by atoms with Gasteiger partial charge in [0.25, 0.3) is 0 Å². The molecule has 1 heterocycles. The number of rotatable bonds is 4. The van der Waals surface area contributed by atoms with E-state index in [1.54, 1.807) is 0 Å². The van der Waals surface area contributed by atoms with Crippen molar-refractivity contribution in [2.75, 3.05) is 26.2 Å². The summed E-state index contributed by atoms with van der Waals surface area (Å²) in [6, 6.07) is 4.91. The van der Waals surface area contributed by atoms with Crippen molar-refractivity contribution in [3.8, 4) is 0 Å². The number of aliphatic hydroxyl groups excluding tert-OH is 1. The molecule has 21 heavy (non-hydrogen) atoms. The summed E-state index contributed by atoms with van der Waals surface area (Å²) in [5.74, 6) is 0. The number of halogens is 3. The van der Waals surface area contributed by atoms with Crippen molar-refractivity contribution in [2.24, 2.45) is 0 Å². The Balaban J connectivity index is 1.94. The van der Waals surface area contributed by atoms with E-state index in [-0.39, 0.29) is 6.10 Å². The van der Waals surface area contributed by atoms with Gasteiger partial charge in [-0.1, -0.05) is 19.1 Å². The smallest absolute Gasteiger partial charge is 0.390 e. The third-order valence-electron chi connectivity index (χ3n) is 3.78. The van der Waals surface area contributed by atoms with Gasteiger partial charge in [-0.05, 0) is 24.2 Å². The Kier molecular flexibility index (Phi) is 5.24. The Morgan fingerprint density at radius 2 is 2.00 bits per heavy atom. The lowest BCUT2D eigenvalue weighted by Gasteiger charge is -2.34. The molecule has 0 radical (unpaired) electrons. The van der Waals surface area contributed by atoms with Gasteiger partial charge in [0, 0.05) is 19.5 Å². The molecule has 3 nitrogen and oxygen atoms in total. The zero-order valence-corrected chi connectivity index (χ0v) is 11.9. The maximum Gasteiger partial charge on any atom is 0.416 e. The lowest BCUT2D eigenvalue weighted by Crippen LogP contribution is -2.48. The summed E-state index contributed by atoms with van der Waals surface area (Å²) in [4.78, 5) is 2.18. The van der Waals surface area contributed by atoms with Crippen LogP contribution in [0.3, 0.4) is 0 Å². The Morgan fingerprint density at radius 1 is 1.33 bits per heavy atom. The Hall–Kier alpha value is -1.11. The molecule has 6 heteroatoms. The molecule has 2 rings (SSSR count). The number of hydrogen-bond acceptors (Lipinski definition) is 3. The van der Waals surface area contributed by atoms with Gasteiger partial charge in [0.15, 0.2) is 0 Å². The lowest BCUT2D eigenvalue weighted by molar-refractivity contribution is -0.137. The molecule has 1 saturated heterocycles. The molecule has 118 valence electrons. The van der Waals surface area contributed by atoms with Crippen molar-refractivity contribution in [1.82, 2.24) is 4.90 Å². The molecule has 1 aliphatic rings. The molecule has 2 unspecified atom stereocenters. The summed E-state index contributed by atoms with van der Waals surface area (Å²) < 4.78 is 43.0. The van der Waals surface area contributed by atoms with E-state index in [0.29, 0.717) is 25.1 Å². The van der Waals surface area contributed by atoms with E-state index >= 15 is 0 Å². The second-order valence-electron chi connectivity index (χ2n) is 5.27. The largest absolute Gasteiger partial charge is 0.416 e. The number of likely N-dealkylation sites (N-methyl/N-ethyl adjacent to an activating group) is 1. The van der Waals surface area contributed by atoms with Crippen LogP contribution in [-0.2, 0) is 17.3 Å². The molecule has 1 aliphatic heterocycles. The molecule has 0 amide bonds. The highest BCUT2D eigenvalue weighted by Gasteiger charge is 2.30. The maximum atomic E-state index is 12.5. The third kappa shape index (κ3) is 4.43. The van der Waals surface area contributed by atoms with Crippen molar-refractivity contribution in [3.05, 3.63) is 35.4 Å². The van der Waals surface area contributed by atoms with Gasteiger partial charge in [-0.2, -0.15) is 13.2 Å². The van der Waals surface area contributed by atoms with Gasteiger partial charge in [-0.3, -0.25) is 4.90 Å². The highest BCUT2D eigenvalue weighted by atomic mass is 19.4. The summed E-state index contributed by atoms with van der Waals surface area (Å²) >= 11 is 0. The molecule has 0 saturated carbocycles. The van der Waals surface area contributed by atoms with Crippen LogP contribution in [-0.4, -0.2) is 48.5 Å². The number of alkyl halides is 3. The summed E-state index contributed by atoms with van der Waals surface area (Å²) in [5.41, 5.74) is -0.000429. The molecule has 2 atom stereocenters. The van der Waals surface area contributed by atoms with E-state index in [9.17, 15) is 18.3 Å². The fraction of sp³-hybridized carbons (Fsp3) is 0.600. The zero-order chi connectivity index (χ0) is 15.5. The first-order chi connectivity index (χ1) is 9.90. The first-order valence-corrected chi connectivity index (χ1v) is 7.08. The molecule has 1 aromatic carbocycles. The van der Waals surface area contributed by atoms with E-state index in [0.717, 1.165) is 25.2 Å². The maximum absolute atomic E-state index is 12.5. The van der Waals surface area contributed by atoms with E-state index in [1.807, 2.05) is 6.92 Å². The zero-order valence-electron chi connectivity index (χ0n) is 11.9. The molecule has 0 aliphatic carbocycles. The van der Waals surface area contributed by atoms with E-state index < -0.39 is 17.8 Å². The van der Waals surface area contributed by atoms with Gasteiger partial charge in [0.2, 0.25) is 0 Å². The van der Waals surface area contributed by atoms with E-state index in [1.165, 1.54) is 12.1 Å². The van der Waals surface area contributed by atoms with Crippen LogP contribution in [0.15, 0.2) is 24.3 Å². The number of ether oxygens (including phenoxy) is 1. The number of aliphatic hydroxyl groups is 1. The van der Waals surface area contributed by atoms with Crippen molar-refractivity contribution >= 4 is 0 Å². The molecule has 1 fully saturated rings. The average Bonchev–Trinajstić information content (AvgIpc) is 2.47. The van der Waals surface area contributed by atoms with Crippen molar-refractivity contribution in [2.45, 2.75) is 31.7 Å². The highest BCUT2D eigenvalue weighted by molar-refractivity contribution is 5.25. The SMILES string of the molecule is CCN1CCOC(C(O)Cc2ccc(C(F)(F)F)cc2)C1. The fourth-order valence-electron chi connectivity index (χ4n) is 2.45. The van der Waals surface area contributed by atoms with E-state index in [4.69, 9.17) is 4.74 Å². The van der Waals surface area contributed by atoms with Crippen LogP contribution >= 0.6 is 0 Å². The minimum absolute atomic E-state index is 0.291. The lowest BCUT2D eigenvalue weighted by atomic mass is 10.0. The van der Waals surface area contributed by atoms with Crippen LogP contribution in [0, 0.1) is 0 Å². The van der Waals surface area contributed by atoms with Crippen LogP contribution in [0.5, 0.6) is 0 Å². The standard InChI is InChI=1S/C15H20F3NO2/c1-2-19-7-8-21-14(10-19)13(20)9-11-3-5-12(6-4-11)15(16,17)18/h3-6,13-14,20H,2,7-10H2,1H3. The minimum atomic E-state index is -4.33. The first-order valence-electron chi connectivity index (χ1n) is 7.08. The Bertz CT molecular complexity index is 447. The Morgan fingerprint density at radius 3 is 2.57 bits per heavy atom. The number of morpholine rings is 1. The van der Waals surface area contributed by atoms with Crippen molar-refractivity contribution in [1.29, 1.82) is 0 Å². The fourth-order valence-corrected chi connectivity index (χ4v) is 2.45. The highest BCUT2D eigenvalue weighted by Crippen LogP contribution is 2.29. The molecular formula is C15H20F3NO2. The average molecular weight is 303 g/mol. The van der Waals surface area contributed by atoms with Gasteiger partial charge >= 0.3 is 6.18 Å². The second kappa shape index (κ2) is 6.77. The van der Waals surface area contributed by atoms with Crippen LogP contribution in [0.1, 0.15) is 18.1 Å². The number of hydrogen-bond donors (Lipinski definition) is 1. The van der Waals surface area contributed by atoms with Gasteiger partial charge in [-0.25, -0.2) is 0 Å². The molecule has 0 aromatic heterocycles. The number of benzene rings is 1. The molecule has 0 bridgehead atoms. The van der Waals surface area contributed by atoms with Crippen LogP contribution in [0.25, 0.3) is 0 Å². The number of nitrogens with zero attached hydrogens (tertiary/aromatic N) is 1. The van der Waals surface area contributed by atoms with Crippen LogP contribution < -0.4 is 0 Å². The molecule has 1 aromatic rings. The molecule has 1 N–H and O–H groups in total. The summed E-state index contributed by atoms with van der Waals surface area (Å²) in [6.45, 7) is 5.01.